The van der Waals surface area contributed by atoms with Gasteiger partial charge in [-0.05, 0) is 30.7 Å². The van der Waals surface area contributed by atoms with Gasteiger partial charge in [0.25, 0.3) is 11.8 Å². The number of ether oxygens (including phenoxy) is 1. The van der Waals surface area contributed by atoms with E-state index >= 15 is 0 Å². The summed E-state index contributed by atoms with van der Waals surface area (Å²) in [6.07, 6.45) is 0. The van der Waals surface area contributed by atoms with Crippen LogP contribution in [0.1, 0.15) is 28.4 Å². The predicted octanol–water partition coefficient (Wildman–Crippen LogP) is 2.80. The molecule has 0 saturated carbocycles. The number of carbonyl (C=O) groups is 3. The van der Waals surface area contributed by atoms with Crippen molar-refractivity contribution in [3.8, 4) is 5.75 Å². The number of aryl methyl sites for hydroxylation is 1. The fourth-order valence-electron chi connectivity index (χ4n) is 2.44. The summed E-state index contributed by atoms with van der Waals surface area (Å²) in [6.45, 7) is 3.04. The van der Waals surface area contributed by atoms with Crippen molar-refractivity contribution in [3.05, 3.63) is 57.9 Å². The van der Waals surface area contributed by atoms with Gasteiger partial charge in [-0.1, -0.05) is 23.7 Å². The third kappa shape index (κ3) is 6.18. The Bertz CT molecular complexity index is 950. The van der Waals surface area contributed by atoms with E-state index in [1.165, 1.54) is 26.1 Å². The normalized spacial score (nSPS) is 10.2. The Morgan fingerprint density at radius 1 is 1.17 bits per heavy atom. The van der Waals surface area contributed by atoms with Gasteiger partial charge in [-0.15, -0.1) is 0 Å². The number of benzene rings is 2. The summed E-state index contributed by atoms with van der Waals surface area (Å²) in [5.41, 5.74) is 1.49. The number of carbonyl (C=O) groups excluding carboxylic acids is 3. The maximum absolute atomic E-state index is 14.0. The summed E-state index contributed by atoms with van der Waals surface area (Å²) in [4.78, 5) is 35.1. The fraction of sp³-hybridized carbons (Fsp3) is 0.250. The first kappa shape index (κ1) is 22.2. The van der Waals surface area contributed by atoms with Crippen molar-refractivity contribution in [3.63, 3.8) is 0 Å². The summed E-state index contributed by atoms with van der Waals surface area (Å²) in [5.74, 6) is -1.65. The van der Waals surface area contributed by atoms with E-state index in [2.05, 4.69) is 16.0 Å². The van der Waals surface area contributed by atoms with E-state index in [0.29, 0.717) is 11.3 Å². The molecule has 2 aromatic carbocycles. The first-order chi connectivity index (χ1) is 13.7. The average Bonchev–Trinajstić information content (AvgIpc) is 2.67. The quantitative estimate of drug-likeness (QED) is 0.640. The zero-order chi connectivity index (χ0) is 21.6. The monoisotopic (exact) mass is 421 g/mol. The molecular weight excluding hydrogens is 401 g/mol. The minimum atomic E-state index is -0.818. The minimum absolute atomic E-state index is 0.0834. The summed E-state index contributed by atoms with van der Waals surface area (Å²) >= 11 is 5.83. The highest BCUT2D eigenvalue weighted by Gasteiger charge is 2.15. The summed E-state index contributed by atoms with van der Waals surface area (Å²) in [7, 11) is 1.51. The van der Waals surface area contributed by atoms with Crippen molar-refractivity contribution in [1.29, 1.82) is 0 Å². The van der Waals surface area contributed by atoms with Crippen LogP contribution in [0.5, 0.6) is 5.75 Å². The Kier molecular flexibility index (Phi) is 7.55. The number of anilines is 1. The van der Waals surface area contributed by atoms with Crippen LogP contribution in [0.25, 0.3) is 0 Å². The lowest BCUT2D eigenvalue weighted by Crippen LogP contribution is -2.26. The van der Waals surface area contributed by atoms with Crippen LogP contribution in [0.4, 0.5) is 10.1 Å². The molecule has 0 aliphatic rings. The van der Waals surface area contributed by atoms with Crippen molar-refractivity contribution in [2.45, 2.75) is 20.4 Å². The van der Waals surface area contributed by atoms with Gasteiger partial charge in [0, 0.05) is 31.6 Å². The van der Waals surface area contributed by atoms with E-state index in [0.717, 1.165) is 5.56 Å². The Balaban J connectivity index is 2.16. The maximum atomic E-state index is 14.0. The van der Waals surface area contributed by atoms with Crippen LogP contribution in [-0.2, 0) is 16.1 Å². The van der Waals surface area contributed by atoms with Crippen LogP contribution < -0.4 is 20.7 Å². The molecule has 0 unspecified atom stereocenters. The van der Waals surface area contributed by atoms with Crippen LogP contribution in [0.15, 0.2) is 30.3 Å². The Morgan fingerprint density at radius 3 is 2.55 bits per heavy atom. The van der Waals surface area contributed by atoms with E-state index < -0.39 is 17.6 Å². The number of nitrogens with one attached hydrogen (secondary N) is 3. The van der Waals surface area contributed by atoms with E-state index in [1.54, 1.807) is 12.1 Å². The average molecular weight is 422 g/mol. The van der Waals surface area contributed by atoms with Crippen LogP contribution in [0, 0.1) is 12.7 Å². The topological polar surface area (TPSA) is 96.5 Å². The molecule has 29 heavy (non-hydrogen) atoms. The summed E-state index contributed by atoms with van der Waals surface area (Å²) in [6, 6.07) is 7.76. The second kappa shape index (κ2) is 9.88. The SMILES string of the molecule is CNC(=O)COc1cc(C)ccc1CNC(=O)c1cc(Cl)c(F)c(NC(C)=O)c1. The van der Waals surface area contributed by atoms with Crippen molar-refractivity contribution >= 4 is 35.0 Å². The maximum Gasteiger partial charge on any atom is 0.257 e. The van der Waals surface area contributed by atoms with Crippen LogP contribution >= 0.6 is 11.6 Å². The molecule has 2 rings (SSSR count). The molecule has 0 saturated heterocycles. The largest absolute Gasteiger partial charge is 0.483 e. The number of hydrogen-bond donors (Lipinski definition) is 3. The summed E-state index contributed by atoms with van der Waals surface area (Å²) in [5, 5.41) is 7.16. The Labute approximate surface area is 172 Å². The molecule has 154 valence electrons. The van der Waals surface area contributed by atoms with Gasteiger partial charge >= 0.3 is 0 Å². The van der Waals surface area contributed by atoms with Gasteiger partial charge < -0.3 is 20.7 Å². The van der Waals surface area contributed by atoms with Gasteiger partial charge in [0.2, 0.25) is 5.91 Å². The molecule has 0 fully saturated rings. The molecule has 0 bridgehead atoms. The van der Waals surface area contributed by atoms with Crippen molar-refractivity contribution < 1.29 is 23.5 Å². The lowest BCUT2D eigenvalue weighted by molar-refractivity contribution is -0.122. The molecule has 0 radical (unpaired) electrons. The minimum Gasteiger partial charge on any atom is -0.483 e. The zero-order valence-electron chi connectivity index (χ0n) is 16.2. The molecule has 7 nitrogen and oxygen atoms in total. The lowest BCUT2D eigenvalue weighted by Gasteiger charge is -2.13. The predicted molar refractivity (Wildman–Crippen MR) is 108 cm³/mol. The highest BCUT2D eigenvalue weighted by atomic mass is 35.5. The zero-order valence-corrected chi connectivity index (χ0v) is 16.9. The summed E-state index contributed by atoms with van der Waals surface area (Å²) < 4.78 is 19.5. The first-order valence-corrected chi connectivity index (χ1v) is 9.06. The Morgan fingerprint density at radius 2 is 1.90 bits per heavy atom. The molecule has 2 aromatic rings. The number of rotatable bonds is 7. The molecule has 3 N–H and O–H groups in total. The second-order valence-corrected chi connectivity index (χ2v) is 6.66. The smallest absolute Gasteiger partial charge is 0.257 e. The van der Waals surface area contributed by atoms with Crippen molar-refractivity contribution in [2.75, 3.05) is 19.0 Å². The molecule has 0 aliphatic heterocycles. The van der Waals surface area contributed by atoms with Gasteiger partial charge in [0.15, 0.2) is 12.4 Å². The highest BCUT2D eigenvalue weighted by molar-refractivity contribution is 6.31. The number of likely N-dealkylation sites (N-methyl/N-ethyl adjacent to an activating group) is 1. The number of hydrogen-bond acceptors (Lipinski definition) is 4. The third-order valence-electron chi connectivity index (χ3n) is 3.90. The molecule has 3 amide bonds. The van der Waals surface area contributed by atoms with Crippen LogP contribution in [0.2, 0.25) is 5.02 Å². The molecule has 0 heterocycles. The van der Waals surface area contributed by atoms with Gasteiger partial charge in [-0.25, -0.2) is 4.39 Å². The van der Waals surface area contributed by atoms with Gasteiger partial charge in [0.1, 0.15) is 5.75 Å². The number of halogens is 2. The molecular formula is C20H21ClFN3O4. The standard InChI is InChI=1S/C20H21ClFN3O4/c1-11-4-5-13(17(6-11)29-10-18(27)23-3)9-24-20(28)14-7-15(21)19(22)16(8-14)25-12(2)26/h4-8H,9-10H2,1-3H3,(H,23,27)(H,24,28)(H,25,26). The Hall–Kier alpha value is -3.13. The lowest BCUT2D eigenvalue weighted by atomic mass is 10.1. The molecule has 9 heteroatoms. The van der Waals surface area contributed by atoms with E-state index in [4.69, 9.17) is 16.3 Å². The number of amides is 3. The van der Waals surface area contributed by atoms with E-state index in [9.17, 15) is 18.8 Å². The highest BCUT2D eigenvalue weighted by Crippen LogP contribution is 2.25. The first-order valence-electron chi connectivity index (χ1n) is 8.69. The molecule has 0 aromatic heterocycles. The second-order valence-electron chi connectivity index (χ2n) is 6.26. The fourth-order valence-corrected chi connectivity index (χ4v) is 2.66. The van der Waals surface area contributed by atoms with Gasteiger partial charge in [-0.3, -0.25) is 14.4 Å². The van der Waals surface area contributed by atoms with Crippen molar-refractivity contribution in [1.82, 2.24) is 10.6 Å². The van der Waals surface area contributed by atoms with Gasteiger partial charge in [0.05, 0.1) is 10.7 Å². The van der Waals surface area contributed by atoms with E-state index in [1.807, 2.05) is 13.0 Å². The third-order valence-corrected chi connectivity index (χ3v) is 4.18. The van der Waals surface area contributed by atoms with Crippen LogP contribution in [-0.4, -0.2) is 31.4 Å². The van der Waals surface area contributed by atoms with E-state index in [-0.39, 0.29) is 35.3 Å². The van der Waals surface area contributed by atoms with Crippen molar-refractivity contribution in [2.24, 2.45) is 0 Å². The van der Waals surface area contributed by atoms with Gasteiger partial charge in [-0.2, -0.15) is 0 Å². The molecule has 0 atom stereocenters. The molecule has 0 spiro atoms. The molecule has 0 aliphatic carbocycles. The van der Waals surface area contributed by atoms with Crippen LogP contribution in [0.3, 0.4) is 0 Å².